The van der Waals surface area contributed by atoms with Crippen LogP contribution in [0.15, 0.2) is 71.6 Å². The van der Waals surface area contributed by atoms with Crippen molar-refractivity contribution in [3.63, 3.8) is 0 Å². The molecule has 1 aliphatic rings. The maximum Gasteiger partial charge on any atom is 0.251 e. The fourth-order valence-electron chi connectivity index (χ4n) is 3.88. The van der Waals surface area contributed by atoms with Gasteiger partial charge in [-0.05, 0) is 31.5 Å². The van der Waals surface area contributed by atoms with Crippen LogP contribution in [0.5, 0.6) is 5.75 Å². The van der Waals surface area contributed by atoms with Crippen molar-refractivity contribution in [2.45, 2.75) is 25.5 Å². The van der Waals surface area contributed by atoms with Gasteiger partial charge >= 0.3 is 0 Å². The number of fused-ring (bicyclic) bond motifs is 1. The van der Waals surface area contributed by atoms with Crippen molar-refractivity contribution in [3.8, 4) is 17.2 Å². The summed E-state index contributed by atoms with van der Waals surface area (Å²) in [6, 6.07) is 16.4. The van der Waals surface area contributed by atoms with E-state index in [2.05, 4.69) is 25.8 Å². The van der Waals surface area contributed by atoms with Crippen molar-refractivity contribution in [2.24, 2.45) is 0 Å². The van der Waals surface area contributed by atoms with Crippen molar-refractivity contribution < 1.29 is 19.1 Å². The molecule has 0 unspecified atom stereocenters. The highest BCUT2D eigenvalue weighted by molar-refractivity contribution is 6.07. The molecule has 172 valence electrons. The van der Waals surface area contributed by atoms with E-state index in [1.807, 2.05) is 36.4 Å². The van der Waals surface area contributed by atoms with Gasteiger partial charge in [0.25, 0.3) is 5.89 Å². The van der Waals surface area contributed by atoms with Crippen LogP contribution in [0, 0.1) is 0 Å². The Morgan fingerprint density at radius 1 is 1.09 bits per heavy atom. The van der Waals surface area contributed by atoms with Crippen LogP contribution in [0.3, 0.4) is 0 Å². The number of hydrogen-bond acceptors (Lipinski definition) is 9. The van der Waals surface area contributed by atoms with Crippen molar-refractivity contribution in [2.75, 3.05) is 17.2 Å². The normalized spacial score (nSPS) is 14.9. The number of nitrogens with zero attached hydrogens (tertiary/aromatic N) is 3. The molecule has 5 rings (SSSR count). The topological polar surface area (TPSA) is 122 Å². The van der Waals surface area contributed by atoms with Crippen LogP contribution in [0.2, 0.25) is 0 Å². The van der Waals surface area contributed by atoms with Gasteiger partial charge in [-0.3, -0.25) is 4.79 Å². The first-order chi connectivity index (χ1) is 16.4. The third-order valence-electron chi connectivity index (χ3n) is 5.62. The van der Waals surface area contributed by atoms with Crippen LogP contribution in [0.1, 0.15) is 35.8 Å². The van der Waals surface area contributed by atoms with E-state index in [1.165, 1.54) is 6.39 Å². The Morgan fingerprint density at radius 3 is 2.65 bits per heavy atom. The number of rotatable bonds is 7. The molecule has 0 saturated carbocycles. The average molecular weight is 457 g/mol. The molecule has 0 bridgehead atoms. The van der Waals surface area contributed by atoms with E-state index in [9.17, 15) is 9.90 Å². The van der Waals surface area contributed by atoms with E-state index in [0.717, 1.165) is 11.3 Å². The Morgan fingerprint density at radius 2 is 1.91 bits per heavy atom. The van der Waals surface area contributed by atoms with Crippen LogP contribution in [0.4, 0.5) is 17.2 Å². The fraction of sp³-hybridized carbons (Fsp3) is 0.200. The molecule has 0 saturated heterocycles. The second kappa shape index (κ2) is 8.60. The maximum absolute atomic E-state index is 12.4. The van der Waals surface area contributed by atoms with Gasteiger partial charge in [-0.15, -0.1) is 10.2 Å². The second-order valence-corrected chi connectivity index (χ2v) is 8.43. The minimum absolute atomic E-state index is 0.0430. The number of nitrogens with one attached hydrogen (secondary N) is 2. The molecule has 9 heteroatoms. The number of ketones is 1. The number of benzene rings is 2. The third-order valence-corrected chi connectivity index (χ3v) is 5.62. The van der Waals surface area contributed by atoms with Gasteiger partial charge < -0.3 is 24.9 Å². The van der Waals surface area contributed by atoms with Crippen LogP contribution in [-0.4, -0.2) is 38.3 Å². The number of ether oxygens (including phenoxy) is 1. The smallest absolute Gasteiger partial charge is 0.251 e. The van der Waals surface area contributed by atoms with Crippen LogP contribution in [0.25, 0.3) is 11.5 Å². The van der Waals surface area contributed by atoms with Gasteiger partial charge in [-0.2, -0.15) is 0 Å². The zero-order chi connectivity index (χ0) is 23.7. The number of Topliss-reactive ketones (excluding diaryl/α,β-unsaturated/α-hetero) is 1. The third kappa shape index (κ3) is 4.08. The lowest BCUT2D eigenvalue weighted by atomic mass is 10.00. The number of hydrogen-bond donors (Lipinski definition) is 3. The number of aromatic nitrogens is 3. The molecule has 2 aromatic heterocycles. The van der Waals surface area contributed by atoms with E-state index >= 15 is 0 Å². The molecule has 9 nitrogen and oxygen atoms in total. The van der Waals surface area contributed by atoms with Crippen molar-refractivity contribution in [3.05, 3.63) is 78.3 Å². The van der Waals surface area contributed by atoms with E-state index in [0.29, 0.717) is 34.3 Å². The highest BCUT2D eigenvalue weighted by Gasteiger charge is 2.39. The minimum atomic E-state index is -0.876. The monoisotopic (exact) mass is 457 g/mol. The zero-order valence-electron chi connectivity index (χ0n) is 18.6. The average Bonchev–Trinajstić information content (AvgIpc) is 3.44. The highest BCUT2D eigenvalue weighted by Crippen LogP contribution is 2.37. The molecule has 0 spiro atoms. The number of anilines is 3. The molecule has 0 radical (unpaired) electrons. The number of aliphatic hydroxyl groups excluding tert-OH is 1. The molecule has 3 N–H and O–H groups in total. The Hall–Kier alpha value is -4.24. The summed E-state index contributed by atoms with van der Waals surface area (Å²) in [5.41, 5.74) is 2.58. The van der Waals surface area contributed by atoms with Gasteiger partial charge in [-0.25, -0.2) is 4.98 Å². The second-order valence-electron chi connectivity index (χ2n) is 8.43. The standard InChI is InChI=1S/C25H23N5O4/c1-25(2)23(32)17-9-8-16(10-21(17)34-25)28-22-11-19(18(12-26-22)24-30-27-14-33-24)29-20(13-31)15-6-4-3-5-7-15/h3-12,14,20,31H,13H2,1-2H3,(H2,26,28,29)/t20-/m1/s1. The SMILES string of the molecule is CC1(C)Oc2cc(Nc3cc(N[C@H](CO)c4ccccc4)c(-c4nnco4)cn3)ccc2C1=O. The largest absolute Gasteiger partial charge is 0.479 e. The van der Waals surface area contributed by atoms with Gasteiger partial charge in [0.2, 0.25) is 12.2 Å². The molecule has 1 atom stereocenters. The molecule has 2 aromatic carbocycles. The predicted molar refractivity (Wildman–Crippen MR) is 126 cm³/mol. The molecule has 4 aromatic rings. The lowest BCUT2D eigenvalue weighted by Gasteiger charge is -2.20. The highest BCUT2D eigenvalue weighted by atomic mass is 16.5. The number of carbonyl (C=O) groups excluding carboxylic acids is 1. The molecule has 34 heavy (non-hydrogen) atoms. The number of aliphatic hydroxyl groups is 1. The summed E-state index contributed by atoms with van der Waals surface area (Å²) in [6.07, 6.45) is 2.87. The lowest BCUT2D eigenvalue weighted by Crippen LogP contribution is -2.31. The quantitative estimate of drug-likeness (QED) is 0.371. The molecule has 0 aliphatic carbocycles. The first-order valence-electron chi connectivity index (χ1n) is 10.8. The summed E-state index contributed by atoms with van der Waals surface area (Å²) in [6.45, 7) is 3.38. The number of carbonyl (C=O) groups is 1. The van der Waals surface area contributed by atoms with Gasteiger partial charge in [0.1, 0.15) is 11.6 Å². The van der Waals surface area contributed by atoms with Crippen LogP contribution in [-0.2, 0) is 0 Å². The molecular formula is C25H23N5O4. The summed E-state index contributed by atoms with van der Waals surface area (Å²) in [4.78, 5) is 16.9. The lowest BCUT2D eigenvalue weighted by molar-refractivity contribution is 0.0684. The number of pyridine rings is 1. The first-order valence-corrected chi connectivity index (χ1v) is 10.8. The molecule has 1 aliphatic heterocycles. The molecule has 0 fully saturated rings. The molecule has 0 amide bonds. The van der Waals surface area contributed by atoms with Crippen molar-refractivity contribution in [1.82, 2.24) is 15.2 Å². The van der Waals surface area contributed by atoms with Crippen LogP contribution < -0.4 is 15.4 Å². The molecular weight excluding hydrogens is 434 g/mol. The van der Waals surface area contributed by atoms with Crippen molar-refractivity contribution >= 4 is 23.0 Å². The van der Waals surface area contributed by atoms with Gasteiger partial charge in [-0.1, -0.05) is 30.3 Å². The van der Waals surface area contributed by atoms with E-state index < -0.39 is 5.60 Å². The minimum Gasteiger partial charge on any atom is -0.479 e. The Balaban J connectivity index is 1.46. The summed E-state index contributed by atoms with van der Waals surface area (Å²) >= 11 is 0. The maximum atomic E-state index is 12.4. The van der Waals surface area contributed by atoms with E-state index in [4.69, 9.17) is 9.15 Å². The Bertz CT molecular complexity index is 1320. The van der Waals surface area contributed by atoms with Gasteiger partial charge in [0, 0.05) is 24.0 Å². The summed E-state index contributed by atoms with van der Waals surface area (Å²) < 4.78 is 11.2. The summed E-state index contributed by atoms with van der Waals surface area (Å²) in [7, 11) is 0. The summed E-state index contributed by atoms with van der Waals surface area (Å²) in [5.74, 6) is 1.33. The van der Waals surface area contributed by atoms with Crippen LogP contribution >= 0.6 is 0 Å². The Kier molecular flexibility index (Phi) is 5.46. The van der Waals surface area contributed by atoms with E-state index in [1.54, 1.807) is 38.2 Å². The molecule has 3 heterocycles. The first kappa shape index (κ1) is 21.6. The fourth-order valence-corrected chi connectivity index (χ4v) is 3.88. The Labute approximate surface area is 195 Å². The van der Waals surface area contributed by atoms with Crippen molar-refractivity contribution in [1.29, 1.82) is 0 Å². The zero-order valence-corrected chi connectivity index (χ0v) is 18.6. The van der Waals surface area contributed by atoms with Gasteiger partial charge in [0.15, 0.2) is 5.60 Å². The van der Waals surface area contributed by atoms with Gasteiger partial charge in [0.05, 0.1) is 29.5 Å². The predicted octanol–water partition coefficient (Wildman–Crippen LogP) is 4.37. The summed E-state index contributed by atoms with van der Waals surface area (Å²) in [5, 5.41) is 24.4. The van der Waals surface area contributed by atoms with E-state index in [-0.39, 0.29) is 18.4 Å².